The van der Waals surface area contributed by atoms with Crippen LogP contribution in [-0.2, 0) is 11.2 Å². The maximum absolute atomic E-state index is 12.8. The topological polar surface area (TPSA) is 56.1 Å². The molecule has 4 rings (SSSR count). The standard InChI is InChI=1S/C21H23N3O2/c25-15-20-18-9-5-4-6-16(18)10-12-23(20)14-21(26)24-13-11-19(22-24)17-7-2-1-3-8-17/h1-9,20,25H,10-15H2. The molecule has 0 fully saturated rings. The molecule has 2 aliphatic rings. The Morgan fingerprint density at radius 2 is 1.81 bits per heavy atom. The Balaban J connectivity index is 1.46. The lowest BCUT2D eigenvalue weighted by Crippen LogP contribution is -2.43. The van der Waals surface area contributed by atoms with E-state index in [0.29, 0.717) is 6.54 Å². The fourth-order valence-electron chi connectivity index (χ4n) is 3.83. The van der Waals surface area contributed by atoms with Crippen LogP contribution in [0, 0.1) is 0 Å². The predicted molar refractivity (Wildman–Crippen MR) is 101 cm³/mol. The second-order valence-electron chi connectivity index (χ2n) is 6.80. The zero-order valence-corrected chi connectivity index (χ0v) is 14.7. The number of carbonyl (C=O) groups excluding carboxylic acids is 1. The maximum Gasteiger partial charge on any atom is 0.256 e. The Kier molecular flexibility index (Phi) is 4.82. The summed E-state index contributed by atoms with van der Waals surface area (Å²) < 4.78 is 0. The van der Waals surface area contributed by atoms with Gasteiger partial charge in [-0.15, -0.1) is 0 Å². The molecule has 2 aromatic carbocycles. The van der Waals surface area contributed by atoms with Gasteiger partial charge in [0, 0.05) is 13.0 Å². The van der Waals surface area contributed by atoms with E-state index in [2.05, 4.69) is 16.1 Å². The molecule has 2 heterocycles. The van der Waals surface area contributed by atoms with E-state index in [4.69, 9.17) is 0 Å². The van der Waals surface area contributed by atoms with Crippen molar-refractivity contribution in [3.05, 3.63) is 71.3 Å². The van der Waals surface area contributed by atoms with Crippen LogP contribution in [-0.4, -0.2) is 52.9 Å². The van der Waals surface area contributed by atoms with Gasteiger partial charge < -0.3 is 5.11 Å². The second kappa shape index (κ2) is 7.40. The number of fused-ring (bicyclic) bond motifs is 1. The van der Waals surface area contributed by atoms with Crippen LogP contribution in [0.4, 0.5) is 0 Å². The first-order valence-corrected chi connectivity index (χ1v) is 9.12. The SMILES string of the molecule is O=C(CN1CCc2ccccc2C1CO)N1CCC(c2ccccc2)=N1. The van der Waals surface area contributed by atoms with E-state index >= 15 is 0 Å². The van der Waals surface area contributed by atoms with Crippen molar-refractivity contribution < 1.29 is 9.90 Å². The van der Waals surface area contributed by atoms with Gasteiger partial charge in [0.05, 0.1) is 31.4 Å². The van der Waals surface area contributed by atoms with E-state index in [1.165, 1.54) is 5.56 Å². The Morgan fingerprint density at radius 1 is 1.04 bits per heavy atom. The van der Waals surface area contributed by atoms with Crippen LogP contribution in [0.3, 0.4) is 0 Å². The third kappa shape index (κ3) is 3.28. The van der Waals surface area contributed by atoms with Crippen molar-refractivity contribution in [3.8, 4) is 0 Å². The highest BCUT2D eigenvalue weighted by atomic mass is 16.3. The molecule has 0 aliphatic carbocycles. The number of hydrogen-bond donors (Lipinski definition) is 1. The molecule has 1 atom stereocenters. The molecule has 0 saturated heterocycles. The molecule has 26 heavy (non-hydrogen) atoms. The van der Waals surface area contributed by atoms with E-state index in [0.717, 1.165) is 36.2 Å². The summed E-state index contributed by atoms with van der Waals surface area (Å²) in [6.07, 6.45) is 1.68. The average Bonchev–Trinajstić information content (AvgIpc) is 3.19. The van der Waals surface area contributed by atoms with Crippen molar-refractivity contribution in [2.75, 3.05) is 26.2 Å². The van der Waals surface area contributed by atoms with Crippen molar-refractivity contribution in [3.63, 3.8) is 0 Å². The first kappa shape index (κ1) is 16.9. The minimum absolute atomic E-state index is 0.00578. The fourth-order valence-corrected chi connectivity index (χ4v) is 3.83. The predicted octanol–water partition coefficient (Wildman–Crippen LogP) is 2.21. The Morgan fingerprint density at radius 3 is 2.62 bits per heavy atom. The molecule has 2 aliphatic heterocycles. The quantitative estimate of drug-likeness (QED) is 0.921. The van der Waals surface area contributed by atoms with Crippen LogP contribution in [0.1, 0.15) is 29.2 Å². The summed E-state index contributed by atoms with van der Waals surface area (Å²) in [5.74, 6) is -0.00578. The van der Waals surface area contributed by atoms with E-state index in [1.54, 1.807) is 5.01 Å². The smallest absolute Gasteiger partial charge is 0.256 e. The summed E-state index contributed by atoms with van der Waals surface area (Å²) in [5, 5.41) is 16.0. The number of carbonyl (C=O) groups is 1. The third-order valence-electron chi connectivity index (χ3n) is 5.23. The monoisotopic (exact) mass is 349 g/mol. The van der Waals surface area contributed by atoms with Crippen molar-refractivity contribution in [1.29, 1.82) is 0 Å². The number of amides is 1. The van der Waals surface area contributed by atoms with E-state index in [-0.39, 0.29) is 25.1 Å². The van der Waals surface area contributed by atoms with Gasteiger partial charge in [-0.2, -0.15) is 5.10 Å². The van der Waals surface area contributed by atoms with Crippen LogP contribution in [0.25, 0.3) is 0 Å². The Bertz CT molecular complexity index is 819. The minimum Gasteiger partial charge on any atom is -0.394 e. The van der Waals surface area contributed by atoms with Crippen LogP contribution in [0.2, 0.25) is 0 Å². The number of rotatable bonds is 4. The number of hydrazone groups is 1. The number of aliphatic hydroxyl groups excluding tert-OH is 1. The number of aliphatic hydroxyl groups is 1. The average molecular weight is 349 g/mol. The highest BCUT2D eigenvalue weighted by Gasteiger charge is 2.30. The highest BCUT2D eigenvalue weighted by molar-refractivity contribution is 6.02. The van der Waals surface area contributed by atoms with Gasteiger partial charge in [-0.3, -0.25) is 9.69 Å². The molecule has 5 heteroatoms. The summed E-state index contributed by atoms with van der Waals surface area (Å²) in [5.41, 5.74) is 4.43. The molecular formula is C21H23N3O2. The third-order valence-corrected chi connectivity index (χ3v) is 5.23. The minimum atomic E-state index is -0.121. The Labute approximate surface area is 153 Å². The zero-order valence-electron chi connectivity index (χ0n) is 14.7. The van der Waals surface area contributed by atoms with Crippen LogP contribution >= 0.6 is 0 Å². The number of benzene rings is 2. The van der Waals surface area contributed by atoms with Crippen LogP contribution in [0.5, 0.6) is 0 Å². The molecule has 1 unspecified atom stereocenters. The van der Waals surface area contributed by atoms with E-state index in [1.807, 2.05) is 48.5 Å². The number of hydrogen-bond acceptors (Lipinski definition) is 4. The first-order valence-electron chi connectivity index (χ1n) is 9.12. The summed E-state index contributed by atoms with van der Waals surface area (Å²) in [6, 6.07) is 18.0. The van der Waals surface area contributed by atoms with Crippen LogP contribution < -0.4 is 0 Å². The largest absolute Gasteiger partial charge is 0.394 e. The normalized spacial score (nSPS) is 20.0. The van der Waals surface area contributed by atoms with Crippen LogP contribution in [0.15, 0.2) is 59.7 Å². The van der Waals surface area contributed by atoms with Gasteiger partial charge in [-0.1, -0.05) is 54.6 Å². The maximum atomic E-state index is 12.8. The van der Waals surface area contributed by atoms with Gasteiger partial charge in [0.2, 0.25) is 0 Å². The lowest BCUT2D eigenvalue weighted by Gasteiger charge is -2.36. The van der Waals surface area contributed by atoms with Gasteiger partial charge in [-0.05, 0) is 23.1 Å². The molecule has 1 amide bonds. The van der Waals surface area contributed by atoms with Gasteiger partial charge in [0.15, 0.2) is 0 Å². The highest BCUT2D eigenvalue weighted by Crippen LogP contribution is 2.29. The molecule has 134 valence electrons. The molecule has 0 spiro atoms. The first-order chi connectivity index (χ1) is 12.8. The van der Waals surface area contributed by atoms with Crippen molar-refractivity contribution >= 4 is 11.6 Å². The molecule has 5 nitrogen and oxygen atoms in total. The molecular weight excluding hydrogens is 326 g/mol. The van der Waals surface area contributed by atoms with Crippen molar-refractivity contribution in [1.82, 2.24) is 9.91 Å². The second-order valence-corrected chi connectivity index (χ2v) is 6.80. The summed E-state index contributed by atoms with van der Waals surface area (Å²) in [6.45, 7) is 1.70. The van der Waals surface area contributed by atoms with Gasteiger partial charge in [-0.25, -0.2) is 5.01 Å². The lowest BCUT2D eigenvalue weighted by atomic mass is 9.93. The molecule has 2 aromatic rings. The van der Waals surface area contributed by atoms with Crippen molar-refractivity contribution in [2.45, 2.75) is 18.9 Å². The van der Waals surface area contributed by atoms with Gasteiger partial charge in [0.1, 0.15) is 0 Å². The Hall–Kier alpha value is -2.50. The zero-order chi connectivity index (χ0) is 17.9. The fraction of sp³-hybridized carbons (Fsp3) is 0.333. The summed E-state index contributed by atoms with van der Waals surface area (Å²) in [7, 11) is 0. The lowest BCUT2D eigenvalue weighted by molar-refractivity contribution is -0.132. The summed E-state index contributed by atoms with van der Waals surface area (Å²) >= 11 is 0. The molecule has 0 radical (unpaired) electrons. The molecule has 0 aromatic heterocycles. The molecule has 0 saturated carbocycles. The van der Waals surface area contributed by atoms with Gasteiger partial charge >= 0.3 is 0 Å². The van der Waals surface area contributed by atoms with E-state index < -0.39 is 0 Å². The van der Waals surface area contributed by atoms with Crippen molar-refractivity contribution in [2.24, 2.45) is 5.10 Å². The van der Waals surface area contributed by atoms with Gasteiger partial charge in [0.25, 0.3) is 5.91 Å². The molecule has 0 bridgehead atoms. The van der Waals surface area contributed by atoms with E-state index in [9.17, 15) is 9.90 Å². The summed E-state index contributed by atoms with van der Waals surface area (Å²) in [4.78, 5) is 14.8. The number of nitrogens with zero attached hydrogens (tertiary/aromatic N) is 3. The molecule has 1 N–H and O–H groups in total.